The first-order valence-electron chi connectivity index (χ1n) is 8.94. The van der Waals surface area contributed by atoms with Gasteiger partial charge in [-0.15, -0.1) is 0 Å². The molecule has 0 spiro atoms. The van der Waals surface area contributed by atoms with Crippen LogP contribution in [0.25, 0.3) is 11.3 Å². The fourth-order valence-electron chi connectivity index (χ4n) is 3.89. The van der Waals surface area contributed by atoms with Crippen molar-refractivity contribution in [3.63, 3.8) is 0 Å². The van der Waals surface area contributed by atoms with Gasteiger partial charge in [0.2, 0.25) is 0 Å². The molecule has 2 saturated heterocycles. The highest BCUT2D eigenvalue weighted by atomic mass is 16.5. The Morgan fingerprint density at radius 3 is 2.92 bits per heavy atom. The SMILES string of the molecule is COc1ccc(C2CN(CC[C@@H]3CCNC3)C2)cc1-c1ccn[nH]1. The van der Waals surface area contributed by atoms with Gasteiger partial charge in [0.1, 0.15) is 5.75 Å². The normalized spacial score (nSPS) is 21.8. The summed E-state index contributed by atoms with van der Waals surface area (Å²) in [5, 5.41) is 10.6. The molecule has 24 heavy (non-hydrogen) atoms. The van der Waals surface area contributed by atoms with E-state index < -0.39 is 0 Å². The van der Waals surface area contributed by atoms with Gasteiger partial charge in [-0.3, -0.25) is 5.10 Å². The number of hydrogen-bond acceptors (Lipinski definition) is 4. The molecule has 1 aromatic heterocycles. The van der Waals surface area contributed by atoms with Crippen molar-refractivity contribution in [2.75, 3.05) is 39.8 Å². The largest absolute Gasteiger partial charge is 0.496 e. The Hall–Kier alpha value is -1.85. The summed E-state index contributed by atoms with van der Waals surface area (Å²) in [6, 6.07) is 8.54. The van der Waals surface area contributed by atoms with Crippen molar-refractivity contribution >= 4 is 0 Å². The first-order chi connectivity index (χ1) is 11.8. The Labute approximate surface area is 143 Å². The van der Waals surface area contributed by atoms with Gasteiger partial charge < -0.3 is 15.0 Å². The average Bonchev–Trinajstić information content (AvgIpc) is 3.27. The lowest BCUT2D eigenvalue weighted by molar-refractivity contribution is 0.139. The molecule has 0 amide bonds. The number of benzene rings is 1. The summed E-state index contributed by atoms with van der Waals surface area (Å²) < 4.78 is 5.51. The standard InChI is InChI=1S/C19H26N4O/c1-24-19-3-2-15(10-17(19)18-5-8-21-22-18)16-12-23(13-16)9-6-14-4-7-20-11-14/h2-3,5,8,10,14,16,20H,4,6-7,9,11-13H2,1H3,(H,21,22)/t14-/m0/s1. The second-order valence-corrected chi connectivity index (χ2v) is 7.03. The van der Waals surface area contributed by atoms with E-state index >= 15 is 0 Å². The molecule has 1 aromatic carbocycles. The molecule has 0 radical (unpaired) electrons. The lowest BCUT2D eigenvalue weighted by Gasteiger charge is -2.40. The highest BCUT2D eigenvalue weighted by molar-refractivity contribution is 5.68. The number of ether oxygens (including phenoxy) is 1. The van der Waals surface area contributed by atoms with Crippen molar-refractivity contribution in [2.45, 2.75) is 18.8 Å². The van der Waals surface area contributed by atoms with Crippen LogP contribution in [-0.2, 0) is 0 Å². The van der Waals surface area contributed by atoms with E-state index in [0.717, 1.165) is 22.9 Å². The minimum Gasteiger partial charge on any atom is -0.496 e. The van der Waals surface area contributed by atoms with Crippen LogP contribution in [0.2, 0.25) is 0 Å². The first-order valence-corrected chi connectivity index (χ1v) is 8.94. The highest BCUT2D eigenvalue weighted by Gasteiger charge is 2.29. The van der Waals surface area contributed by atoms with Gasteiger partial charge in [0.05, 0.1) is 12.8 Å². The molecular weight excluding hydrogens is 300 g/mol. The van der Waals surface area contributed by atoms with E-state index in [1.807, 2.05) is 6.07 Å². The minimum absolute atomic E-state index is 0.638. The maximum atomic E-state index is 5.51. The fraction of sp³-hybridized carbons (Fsp3) is 0.526. The Bertz CT molecular complexity index is 658. The fourth-order valence-corrected chi connectivity index (χ4v) is 3.89. The molecule has 128 valence electrons. The van der Waals surface area contributed by atoms with Crippen LogP contribution < -0.4 is 10.1 Å². The van der Waals surface area contributed by atoms with Crippen molar-refractivity contribution in [3.05, 3.63) is 36.0 Å². The molecule has 3 heterocycles. The predicted octanol–water partition coefficient (Wildman–Crippen LogP) is 2.48. The summed E-state index contributed by atoms with van der Waals surface area (Å²) in [4.78, 5) is 2.59. The molecule has 0 aliphatic carbocycles. The lowest BCUT2D eigenvalue weighted by atomic mass is 9.89. The molecule has 2 fully saturated rings. The Kier molecular flexibility index (Phi) is 4.54. The smallest absolute Gasteiger partial charge is 0.128 e. The van der Waals surface area contributed by atoms with Crippen LogP contribution in [0.15, 0.2) is 30.5 Å². The highest BCUT2D eigenvalue weighted by Crippen LogP contribution is 2.35. The predicted molar refractivity (Wildman–Crippen MR) is 95.4 cm³/mol. The van der Waals surface area contributed by atoms with Crippen molar-refractivity contribution in [3.8, 4) is 17.0 Å². The molecule has 2 N–H and O–H groups in total. The number of methoxy groups -OCH3 is 1. The zero-order valence-electron chi connectivity index (χ0n) is 14.3. The summed E-state index contributed by atoms with van der Waals surface area (Å²) in [5.74, 6) is 2.42. The molecule has 0 unspecified atom stereocenters. The summed E-state index contributed by atoms with van der Waals surface area (Å²) >= 11 is 0. The van der Waals surface area contributed by atoms with E-state index in [1.54, 1.807) is 13.3 Å². The molecule has 2 aliphatic rings. The second-order valence-electron chi connectivity index (χ2n) is 7.03. The van der Waals surface area contributed by atoms with Crippen LogP contribution in [0, 0.1) is 5.92 Å². The van der Waals surface area contributed by atoms with Gasteiger partial charge in [0, 0.05) is 30.8 Å². The van der Waals surface area contributed by atoms with Crippen molar-refractivity contribution in [2.24, 2.45) is 5.92 Å². The van der Waals surface area contributed by atoms with Gasteiger partial charge in [-0.05, 0) is 62.2 Å². The molecular formula is C19H26N4O. The second kappa shape index (κ2) is 6.95. The number of nitrogens with zero attached hydrogens (tertiary/aromatic N) is 2. The number of rotatable bonds is 6. The average molecular weight is 326 g/mol. The van der Waals surface area contributed by atoms with Gasteiger partial charge in [-0.1, -0.05) is 6.07 Å². The zero-order chi connectivity index (χ0) is 16.4. The number of aromatic amines is 1. The third-order valence-electron chi connectivity index (χ3n) is 5.46. The maximum Gasteiger partial charge on any atom is 0.128 e. The molecule has 5 heteroatoms. The summed E-state index contributed by atoms with van der Waals surface area (Å²) in [6.45, 7) is 6.01. The third kappa shape index (κ3) is 3.19. The molecule has 4 rings (SSSR count). The lowest BCUT2D eigenvalue weighted by Crippen LogP contribution is -2.45. The van der Waals surface area contributed by atoms with Crippen molar-refractivity contribution in [1.82, 2.24) is 20.4 Å². The quantitative estimate of drug-likeness (QED) is 0.856. The van der Waals surface area contributed by atoms with E-state index in [9.17, 15) is 0 Å². The van der Waals surface area contributed by atoms with Gasteiger partial charge in [0.15, 0.2) is 0 Å². The topological polar surface area (TPSA) is 53.2 Å². The molecule has 2 aromatic rings. The van der Waals surface area contributed by atoms with E-state index in [0.29, 0.717) is 5.92 Å². The molecule has 0 saturated carbocycles. The van der Waals surface area contributed by atoms with Crippen molar-refractivity contribution in [1.29, 1.82) is 0 Å². The monoisotopic (exact) mass is 326 g/mol. The van der Waals surface area contributed by atoms with Gasteiger partial charge >= 0.3 is 0 Å². The van der Waals surface area contributed by atoms with Crippen LogP contribution in [0.4, 0.5) is 0 Å². The molecule has 1 atom stereocenters. The van der Waals surface area contributed by atoms with Crippen LogP contribution in [0.5, 0.6) is 5.75 Å². The number of hydrogen-bond donors (Lipinski definition) is 2. The minimum atomic E-state index is 0.638. The van der Waals surface area contributed by atoms with Crippen molar-refractivity contribution < 1.29 is 4.74 Å². The van der Waals surface area contributed by atoms with E-state index in [2.05, 4.69) is 38.6 Å². The zero-order valence-corrected chi connectivity index (χ0v) is 14.3. The van der Waals surface area contributed by atoms with Gasteiger partial charge in [0.25, 0.3) is 0 Å². The molecule has 5 nitrogen and oxygen atoms in total. The van der Waals surface area contributed by atoms with Crippen LogP contribution in [0.1, 0.15) is 24.3 Å². The summed E-state index contributed by atoms with van der Waals surface area (Å²) in [5.41, 5.74) is 3.51. The van der Waals surface area contributed by atoms with Crippen LogP contribution in [-0.4, -0.2) is 54.9 Å². The Morgan fingerprint density at radius 2 is 2.21 bits per heavy atom. The Morgan fingerprint density at radius 1 is 1.29 bits per heavy atom. The first kappa shape index (κ1) is 15.7. The number of likely N-dealkylation sites (tertiary alicyclic amines) is 1. The van der Waals surface area contributed by atoms with Gasteiger partial charge in [-0.2, -0.15) is 5.10 Å². The van der Waals surface area contributed by atoms with E-state index in [1.165, 1.54) is 51.1 Å². The number of aromatic nitrogens is 2. The van der Waals surface area contributed by atoms with Crippen LogP contribution >= 0.6 is 0 Å². The van der Waals surface area contributed by atoms with Crippen LogP contribution in [0.3, 0.4) is 0 Å². The maximum absolute atomic E-state index is 5.51. The molecule has 2 aliphatic heterocycles. The third-order valence-corrected chi connectivity index (χ3v) is 5.46. The number of nitrogens with one attached hydrogen (secondary N) is 2. The van der Waals surface area contributed by atoms with Gasteiger partial charge in [-0.25, -0.2) is 0 Å². The molecule has 0 bridgehead atoms. The van der Waals surface area contributed by atoms with E-state index in [4.69, 9.17) is 4.74 Å². The summed E-state index contributed by atoms with van der Waals surface area (Å²) in [7, 11) is 1.72. The van der Waals surface area contributed by atoms with E-state index in [-0.39, 0.29) is 0 Å². The number of H-pyrrole nitrogens is 1. The summed E-state index contributed by atoms with van der Waals surface area (Å²) in [6.07, 6.45) is 4.47. The Balaban J connectivity index is 1.38.